The summed E-state index contributed by atoms with van der Waals surface area (Å²) in [7, 11) is 1.70. The molecule has 0 aliphatic carbocycles. The SMILES string of the molecule is COCC(C)CC(N)c1cc2cc(Cl)ccc2o1. The third-order valence-electron chi connectivity index (χ3n) is 2.97. The van der Waals surface area contributed by atoms with Gasteiger partial charge in [0, 0.05) is 24.1 Å². The van der Waals surface area contributed by atoms with E-state index < -0.39 is 0 Å². The number of furan rings is 1. The molecule has 0 saturated carbocycles. The molecule has 0 aliphatic heterocycles. The molecule has 2 aromatic rings. The second-order valence-corrected chi connectivity index (χ2v) is 5.17. The molecule has 18 heavy (non-hydrogen) atoms. The molecule has 1 aromatic carbocycles. The van der Waals surface area contributed by atoms with E-state index in [1.54, 1.807) is 7.11 Å². The summed E-state index contributed by atoms with van der Waals surface area (Å²) < 4.78 is 10.9. The van der Waals surface area contributed by atoms with Crippen LogP contribution in [0.3, 0.4) is 0 Å². The molecular formula is C14H18ClNO2. The standard InChI is InChI=1S/C14H18ClNO2/c1-9(8-17-2)5-12(16)14-7-10-6-11(15)3-4-13(10)18-14/h3-4,6-7,9,12H,5,8,16H2,1-2H3. The molecule has 0 saturated heterocycles. The minimum atomic E-state index is -0.110. The Kier molecular flexibility index (Phi) is 4.27. The van der Waals surface area contributed by atoms with Crippen LogP contribution < -0.4 is 5.73 Å². The Bertz CT molecular complexity index is 523. The van der Waals surface area contributed by atoms with Crippen LogP contribution >= 0.6 is 11.6 Å². The van der Waals surface area contributed by atoms with Crippen LogP contribution in [0, 0.1) is 5.92 Å². The summed E-state index contributed by atoms with van der Waals surface area (Å²) in [4.78, 5) is 0. The van der Waals surface area contributed by atoms with Gasteiger partial charge < -0.3 is 14.9 Å². The van der Waals surface area contributed by atoms with Gasteiger partial charge in [-0.25, -0.2) is 0 Å². The molecule has 2 unspecified atom stereocenters. The predicted octanol–water partition coefficient (Wildman–Crippen LogP) is 3.76. The quantitative estimate of drug-likeness (QED) is 0.897. The monoisotopic (exact) mass is 267 g/mol. The average molecular weight is 268 g/mol. The summed E-state index contributed by atoms with van der Waals surface area (Å²) >= 11 is 5.94. The fourth-order valence-electron chi connectivity index (χ4n) is 2.12. The first-order valence-electron chi connectivity index (χ1n) is 6.03. The number of hydrogen-bond donors (Lipinski definition) is 1. The van der Waals surface area contributed by atoms with Crippen LogP contribution in [0.5, 0.6) is 0 Å². The maximum absolute atomic E-state index is 6.15. The molecule has 0 amide bonds. The van der Waals surface area contributed by atoms with Crippen molar-refractivity contribution in [3.63, 3.8) is 0 Å². The predicted molar refractivity (Wildman–Crippen MR) is 73.8 cm³/mol. The molecule has 0 spiro atoms. The van der Waals surface area contributed by atoms with Crippen molar-refractivity contribution in [2.45, 2.75) is 19.4 Å². The summed E-state index contributed by atoms with van der Waals surface area (Å²) in [5.74, 6) is 1.21. The Labute approximate surface area is 112 Å². The van der Waals surface area contributed by atoms with E-state index in [0.29, 0.717) is 17.5 Å². The molecule has 0 radical (unpaired) electrons. The van der Waals surface area contributed by atoms with Gasteiger partial charge in [-0.1, -0.05) is 18.5 Å². The van der Waals surface area contributed by atoms with Gasteiger partial charge in [-0.15, -0.1) is 0 Å². The minimum Gasteiger partial charge on any atom is -0.459 e. The highest BCUT2D eigenvalue weighted by atomic mass is 35.5. The molecule has 0 aliphatic rings. The largest absolute Gasteiger partial charge is 0.459 e. The summed E-state index contributed by atoms with van der Waals surface area (Å²) in [5, 5.41) is 1.70. The van der Waals surface area contributed by atoms with E-state index in [9.17, 15) is 0 Å². The van der Waals surface area contributed by atoms with E-state index in [2.05, 4.69) is 6.92 Å². The lowest BCUT2D eigenvalue weighted by atomic mass is 10.0. The zero-order valence-electron chi connectivity index (χ0n) is 10.7. The van der Waals surface area contributed by atoms with E-state index in [1.807, 2.05) is 24.3 Å². The van der Waals surface area contributed by atoms with Crippen molar-refractivity contribution in [2.24, 2.45) is 11.7 Å². The molecule has 1 heterocycles. The molecule has 2 N–H and O–H groups in total. The zero-order chi connectivity index (χ0) is 13.1. The van der Waals surface area contributed by atoms with Gasteiger partial charge in [0.05, 0.1) is 6.04 Å². The van der Waals surface area contributed by atoms with Crippen LogP contribution in [0.1, 0.15) is 25.1 Å². The topological polar surface area (TPSA) is 48.4 Å². The first-order valence-corrected chi connectivity index (χ1v) is 6.41. The number of ether oxygens (including phenoxy) is 1. The smallest absolute Gasteiger partial charge is 0.134 e. The summed E-state index contributed by atoms with van der Waals surface area (Å²) in [5.41, 5.74) is 6.97. The van der Waals surface area contributed by atoms with Gasteiger partial charge in [-0.2, -0.15) is 0 Å². The first kappa shape index (κ1) is 13.4. The fourth-order valence-corrected chi connectivity index (χ4v) is 2.30. The van der Waals surface area contributed by atoms with Gasteiger partial charge in [-0.3, -0.25) is 0 Å². The summed E-state index contributed by atoms with van der Waals surface area (Å²) in [6.07, 6.45) is 0.835. The average Bonchev–Trinajstić information content (AvgIpc) is 2.72. The second-order valence-electron chi connectivity index (χ2n) is 4.73. The Hall–Kier alpha value is -1.03. The molecule has 98 valence electrons. The van der Waals surface area contributed by atoms with E-state index in [-0.39, 0.29) is 6.04 Å². The van der Waals surface area contributed by atoms with Crippen molar-refractivity contribution in [3.8, 4) is 0 Å². The van der Waals surface area contributed by atoms with Crippen LogP contribution in [-0.2, 0) is 4.74 Å². The number of nitrogens with two attached hydrogens (primary N) is 1. The third-order valence-corrected chi connectivity index (χ3v) is 3.21. The zero-order valence-corrected chi connectivity index (χ0v) is 11.4. The van der Waals surface area contributed by atoms with Crippen molar-refractivity contribution >= 4 is 22.6 Å². The molecular weight excluding hydrogens is 250 g/mol. The van der Waals surface area contributed by atoms with Gasteiger partial charge in [-0.05, 0) is 36.6 Å². The van der Waals surface area contributed by atoms with E-state index in [0.717, 1.165) is 23.2 Å². The molecule has 0 bridgehead atoms. The van der Waals surface area contributed by atoms with E-state index in [4.69, 9.17) is 26.5 Å². The van der Waals surface area contributed by atoms with Crippen LogP contribution in [-0.4, -0.2) is 13.7 Å². The maximum atomic E-state index is 6.15. The number of fused-ring (bicyclic) bond motifs is 1. The number of rotatable bonds is 5. The highest BCUT2D eigenvalue weighted by Crippen LogP contribution is 2.28. The summed E-state index contributed by atoms with van der Waals surface area (Å²) in [6.45, 7) is 2.82. The van der Waals surface area contributed by atoms with Gasteiger partial charge in [0.1, 0.15) is 11.3 Å². The Morgan fingerprint density at radius 1 is 1.39 bits per heavy atom. The highest BCUT2D eigenvalue weighted by Gasteiger charge is 2.15. The van der Waals surface area contributed by atoms with Crippen LogP contribution in [0.15, 0.2) is 28.7 Å². The lowest BCUT2D eigenvalue weighted by Crippen LogP contribution is -2.16. The Morgan fingerprint density at radius 2 is 2.17 bits per heavy atom. The van der Waals surface area contributed by atoms with E-state index in [1.165, 1.54) is 0 Å². The van der Waals surface area contributed by atoms with Crippen molar-refractivity contribution in [2.75, 3.05) is 13.7 Å². The minimum absolute atomic E-state index is 0.110. The van der Waals surface area contributed by atoms with Gasteiger partial charge in [0.25, 0.3) is 0 Å². The molecule has 3 nitrogen and oxygen atoms in total. The Balaban J connectivity index is 2.15. The molecule has 1 aromatic heterocycles. The summed E-state index contributed by atoms with van der Waals surface area (Å²) in [6, 6.07) is 7.42. The van der Waals surface area contributed by atoms with E-state index >= 15 is 0 Å². The first-order chi connectivity index (χ1) is 8.60. The molecule has 0 fully saturated rings. The highest BCUT2D eigenvalue weighted by molar-refractivity contribution is 6.31. The van der Waals surface area contributed by atoms with Crippen LogP contribution in [0.2, 0.25) is 5.02 Å². The second kappa shape index (κ2) is 5.74. The fraction of sp³-hybridized carbons (Fsp3) is 0.429. The number of halogens is 1. The normalized spacial score (nSPS) is 14.9. The number of benzene rings is 1. The number of methoxy groups -OCH3 is 1. The van der Waals surface area contributed by atoms with Crippen molar-refractivity contribution < 1.29 is 9.15 Å². The van der Waals surface area contributed by atoms with Gasteiger partial charge in [0.2, 0.25) is 0 Å². The van der Waals surface area contributed by atoms with Gasteiger partial charge in [0.15, 0.2) is 0 Å². The van der Waals surface area contributed by atoms with Crippen molar-refractivity contribution in [1.82, 2.24) is 0 Å². The molecule has 4 heteroatoms. The van der Waals surface area contributed by atoms with Gasteiger partial charge >= 0.3 is 0 Å². The molecule has 2 rings (SSSR count). The van der Waals surface area contributed by atoms with Crippen LogP contribution in [0.25, 0.3) is 11.0 Å². The lowest BCUT2D eigenvalue weighted by Gasteiger charge is -2.14. The maximum Gasteiger partial charge on any atom is 0.134 e. The Morgan fingerprint density at radius 3 is 2.89 bits per heavy atom. The molecule has 2 atom stereocenters. The third kappa shape index (κ3) is 3.05. The van der Waals surface area contributed by atoms with Crippen molar-refractivity contribution in [1.29, 1.82) is 0 Å². The lowest BCUT2D eigenvalue weighted by molar-refractivity contribution is 0.150. The number of hydrogen-bond acceptors (Lipinski definition) is 3. The van der Waals surface area contributed by atoms with Crippen LogP contribution in [0.4, 0.5) is 0 Å². The van der Waals surface area contributed by atoms with Crippen molar-refractivity contribution in [3.05, 3.63) is 35.0 Å².